The van der Waals surface area contributed by atoms with Crippen molar-refractivity contribution in [1.29, 1.82) is 0 Å². The molecule has 0 saturated heterocycles. The van der Waals surface area contributed by atoms with E-state index in [1.54, 1.807) is 10.9 Å². The van der Waals surface area contributed by atoms with Gasteiger partial charge in [0.2, 0.25) is 5.91 Å². The normalized spacial score (nSPS) is 18.6. The van der Waals surface area contributed by atoms with Crippen LogP contribution in [-0.4, -0.2) is 21.7 Å². The number of hydrogen-bond donors (Lipinski definition) is 1. The van der Waals surface area contributed by atoms with E-state index < -0.39 is 0 Å². The summed E-state index contributed by atoms with van der Waals surface area (Å²) in [6.45, 7) is 2.58. The summed E-state index contributed by atoms with van der Waals surface area (Å²) in [5.74, 6) is 0.104. The first kappa shape index (κ1) is 13.6. The molecule has 1 aliphatic carbocycles. The van der Waals surface area contributed by atoms with Crippen LogP contribution in [-0.2, 0) is 11.3 Å². The fourth-order valence-corrected chi connectivity index (χ4v) is 2.72. The second-order valence-electron chi connectivity index (χ2n) is 5.13. The summed E-state index contributed by atoms with van der Waals surface area (Å²) < 4.78 is 2.75. The van der Waals surface area contributed by atoms with Crippen molar-refractivity contribution in [3.63, 3.8) is 0 Å². The molecule has 1 fully saturated rings. The minimum atomic E-state index is -0.0428. The molecule has 18 heavy (non-hydrogen) atoms. The van der Waals surface area contributed by atoms with Crippen molar-refractivity contribution < 1.29 is 4.79 Å². The first-order chi connectivity index (χ1) is 8.65. The molecule has 0 spiro atoms. The zero-order chi connectivity index (χ0) is 13.0. The Morgan fingerprint density at radius 3 is 2.89 bits per heavy atom. The molecule has 1 aromatic rings. The van der Waals surface area contributed by atoms with Crippen LogP contribution in [0.1, 0.15) is 39.0 Å². The molecule has 0 aliphatic heterocycles. The molecule has 1 heterocycles. The van der Waals surface area contributed by atoms with Crippen LogP contribution in [0.5, 0.6) is 0 Å². The average molecular weight is 314 g/mol. The van der Waals surface area contributed by atoms with Crippen molar-refractivity contribution in [3.05, 3.63) is 16.9 Å². The lowest BCUT2D eigenvalue weighted by molar-refractivity contribution is -0.125. The first-order valence-corrected chi connectivity index (χ1v) is 7.43. The molecule has 4 nitrogen and oxygen atoms in total. The van der Waals surface area contributed by atoms with E-state index in [1.807, 2.05) is 13.1 Å². The molecule has 0 radical (unpaired) electrons. The molecular formula is C13H20BrN3O. The Morgan fingerprint density at radius 1 is 1.56 bits per heavy atom. The molecule has 1 atom stereocenters. The molecule has 1 amide bonds. The smallest absolute Gasteiger partial charge is 0.224 e. The monoisotopic (exact) mass is 313 g/mol. The van der Waals surface area contributed by atoms with E-state index in [2.05, 4.69) is 26.3 Å². The number of nitrogens with one attached hydrogen (secondary N) is 1. The molecule has 1 unspecified atom stereocenters. The Morgan fingerprint density at radius 2 is 2.28 bits per heavy atom. The Labute approximate surface area is 116 Å². The fourth-order valence-electron chi connectivity index (χ4n) is 2.39. The number of carbonyl (C=O) groups is 1. The summed E-state index contributed by atoms with van der Waals surface area (Å²) >= 11 is 3.35. The number of hydrogen-bond acceptors (Lipinski definition) is 2. The number of carbonyl (C=O) groups excluding carboxylic acids is 1. The highest BCUT2D eigenvalue weighted by Gasteiger charge is 2.19. The highest BCUT2D eigenvalue weighted by Crippen LogP contribution is 2.18. The van der Waals surface area contributed by atoms with Gasteiger partial charge in [-0.2, -0.15) is 5.10 Å². The second-order valence-corrected chi connectivity index (χ2v) is 6.04. The van der Waals surface area contributed by atoms with E-state index in [4.69, 9.17) is 0 Å². The van der Waals surface area contributed by atoms with E-state index in [0.29, 0.717) is 12.6 Å². The van der Waals surface area contributed by atoms with Gasteiger partial charge in [0.05, 0.1) is 23.1 Å². The van der Waals surface area contributed by atoms with Crippen LogP contribution < -0.4 is 5.32 Å². The van der Waals surface area contributed by atoms with E-state index in [-0.39, 0.29) is 11.8 Å². The SMILES string of the molecule is CC(Cn1cc(Br)cn1)C(=O)NC1CCCCC1. The van der Waals surface area contributed by atoms with Gasteiger partial charge in [-0.05, 0) is 28.8 Å². The summed E-state index contributed by atoms with van der Waals surface area (Å²) in [5.41, 5.74) is 0. The van der Waals surface area contributed by atoms with E-state index in [1.165, 1.54) is 19.3 Å². The van der Waals surface area contributed by atoms with Crippen LogP contribution >= 0.6 is 15.9 Å². The molecule has 1 saturated carbocycles. The standard InChI is InChI=1S/C13H20BrN3O/c1-10(8-17-9-11(14)7-15-17)13(18)16-12-5-3-2-4-6-12/h7,9-10,12H,2-6,8H2,1H3,(H,16,18). The van der Waals surface area contributed by atoms with Gasteiger partial charge in [-0.25, -0.2) is 0 Å². The molecule has 1 aromatic heterocycles. The van der Waals surface area contributed by atoms with Crippen LogP contribution in [0.2, 0.25) is 0 Å². The van der Waals surface area contributed by atoms with Gasteiger partial charge < -0.3 is 5.32 Å². The summed E-state index contributed by atoms with van der Waals surface area (Å²) in [5, 5.41) is 7.33. The average Bonchev–Trinajstić information content (AvgIpc) is 2.76. The molecular weight excluding hydrogens is 294 g/mol. The van der Waals surface area contributed by atoms with Crippen molar-refractivity contribution >= 4 is 21.8 Å². The lowest BCUT2D eigenvalue weighted by Gasteiger charge is -2.24. The number of halogens is 1. The van der Waals surface area contributed by atoms with Gasteiger partial charge >= 0.3 is 0 Å². The van der Waals surface area contributed by atoms with E-state index in [9.17, 15) is 4.79 Å². The molecule has 0 aromatic carbocycles. The van der Waals surface area contributed by atoms with Gasteiger partial charge in [-0.15, -0.1) is 0 Å². The minimum Gasteiger partial charge on any atom is -0.353 e. The first-order valence-electron chi connectivity index (χ1n) is 6.63. The highest BCUT2D eigenvalue weighted by atomic mass is 79.9. The van der Waals surface area contributed by atoms with Crippen molar-refractivity contribution in [2.75, 3.05) is 0 Å². The summed E-state index contributed by atoms with van der Waals surface area (Å²) in [6, 6.07) is 0.387. The third-order valence-electron chi connectivity index (χ3n) is 3.46. The summed E-state index contributed by atoms with van der Waals surface area (Å²) in [6.07, 6.45) is 9.69. The molecule has 2 rings (SSSR count). The second kappa shape index (κ2) is 6.36. The van der Waals surface area contributed by atoms with Crippen molar-refractivity contribution in [2.24, 2.45) is 5.92 Å². The fraction of sp³-hybridized carbons (Fsp3) is 0.692. The van der Waals surface area contributed by atoms with Crippen molar-refractivity contribution in [3.8, 4) is 0 Å². The van der Waals surface area contributed by atoms with Gasteiger partial charge in [0.15, 0.2) is 0 Å². The maximum Gasteiger partial charge on any atom is 0.224 e. The molecule has 1 N–H and O–H groups in total. The van der Waals surface area contributed by atoms with Crippen LogP contribution in [0.3, 0.4) is 0 Å². The van der Waals surface area contributed by atoms with Crippen LogP contribution in [0.25, 0.3) is 0 Å². The number of aromatic nitrogens is 2. The lowest BCUT2D eigenvalue weighted by atomic mass is 9.95. The van der Waals surface area contributed by atoms with Gasteiger partial charge in [-0.3, -0.25) is 9.48 Å². The molecule has 5 heteroatoms. The Kier molecular flexibility index (Phi) is 4.80. The van der Waals surface area contributed by atoms with Gasteiger partial charge in [0.1, 0.15) is 0 Å². The largest absolute Gasteiger partial charge is 0.353 e. The maximum absolute atomic E-state index is 12.1. The Bertz CT molecular complexity index is 399. The van der Waals surface area contributed by atoms with Crippen molar-refractivity contribution in [1.82, 2.24) is 15.1 Å². The van der Waals surface area contributed by atoms with E-state index in [0.717, 1.165) is 17.3 Å². The van der Waals surface area contributed by atoms with Crippen LogP contribution in [0.15, 0.2) is 16.9 Å². The number of nitrogens with zero attached hydrogens (tertiary/aromatic N) is 2. The lowest BCUT2D eigenvalue weighted by Crippen LogP contribution is -2.40. The Balaban J connectivity index is 1.80. The number of amides is 1. The zero-order valence-electron chi connectivity index (χ0n) is 10.7. The minimum absolute atomic E-state index is 0.0428. The van der Waals surface area contributed by atoms with E-state index >= 15 is 0 Å². The third-order valence-corrected chi connectivity index (χ3v) is 3.87. The third kappa shape index (κ3) is 3.83. The molecule has 1 aliphatic rings. The topological polar surface area (TPSA) is 46.9 Å². The van der Waals surface area contributed by atoms with Gasteiger partial charge in [0.25, 0.3) is 0 Å². The highest BCUT2D eigenvalue weighted by molar-refractivity contribution is 9.10. The van der Waals surface area contributed by atoms with Crippen LogP contribution in [0, 0.1) is 5.92 Å². The zero-order valence-corrected chi connectivity index (χ0v) is 12.3. The van der Waals surface area contributed by atoms with Crippen molar-refractivity contribution in [2.45, 2.75) is 51.6 Å². The quantitative estimate of drug-likeness (QED) is 0.929. The van der Waals surface area contributed by atoms with Gasteiger partial charge in [-0.1, -0.05) is 26.2 Å². The molecule has 100 valence electrons. The van der Waals surface area contributed by atoms with Crippen LogP contribution in [0.4, 0.5) is 0 Å². The van der Waals surface area contributed by atoms with Gasteiger partial charge in [0, 0.05) is 12.2 Å². The maximum atomic E-state index is 12.1. The Hall–Kier alpha value is -0.840. The number of rotatable bonds is 4. The summed E-state index contributed by atoms with van der Waals surface area (Å²) in [7, 11) is 0. The molecule has 0 bridgehead atoms. The summed E-state index contributed by atoms with van der Waals surface area (Å²) in [4.78, 5) is 12.1. The predicted octanol–water partition coefficient (Wildman–Crippen LogP) is 2.73. The predicted molar refractivity (Wildman–Crippen MR) is 74.1 cm³/mol.